The summed E-state index contributed by atoms with van der Waals surface area (Å²) in [5.41, 5.74) is 5.69. The normalized spacial score (nSPS) is 12.3. The van der Waals surface area contributed by atoms with Crippen LogP contribution >= 0.6 is 0 Å². The Hall–Kier alpha value is -2.91. The molecule has 2 aromatic carbocycles. The van der Waals surface area contributed by atoms with Crippen LogP contribution in [0.1, 0.15) is 57.9 Å². The molecule has 3 heteroatoms. The number of allylic oxidation sites excluding steroid dienone is 1. The first-order valence-electron chi connectivity index (χ1n) is 11.8. The third kappa shape index (κ3) is 7.65. The Morgan fingerprint density at radius 3 is 2.09 bits per heavy atom. The van der Waals surface area contributed by atoms with Crippen LogP contribution in [0.2, 0.25) is 0 Å². The summed E-state index contributed by atoms with van der Waals surface area (Å²) in [4.78, 5) is 3.95. The van der Waals surface area contributed by atoms with Crippen LogP contribution in [-0.2, 0) is 4.74 Å². The van der Waals surface area contributed by atoms with E-state index in [1.54, 1.807) is 12.3 Å². The van der Waals surface area contributed by atoms with E-state index in [1.165, 1.54) is 36.0 Å². The molecule has 1 N–H and O–H groups in total. The highest BCUT2D eigenvalue weighted by Gasteiger charge is 2.02. The summed E-state index contributed by atoms with van der Waals surface area (Å²) in [6, 6.07) is 20.6. The number of nitrogens with zero attached hydrogens (tertiary/aromatic N) is 1. The molecule has 3 nitrogen and oxygen atoms in total. The standard InChI is InChI=1S/C29H35NO2/c1-3-4-8-21-32-23(2)9-6-5-7-10-24-11-13-25(14-12-24)26-15-17-27(18-16-26)28-19-20-29(31)30-22-28/h7,10-20,22-23H,3-6,8-9,21H2,1-2H3,(H,30,31). The van der Waals surface area contributed by atoms with E-state index in [0.29, 0.717) is 6.10 Å². The predicted octanol–water partition coefficient (Wildman–Crippen LogP) is 7.90. The lowest BCUT2D eigenvalue weighted by Crippen LogP contribution is -2.08. The Labute approximate surface area is 192 Å². The first kappa shape index (κ1) is 23.7. The van der Waals surface area contributed by atoms with Gasteiger partial charge in [-0.3, -0.25) is 0 Å². The first-order chi connectivity index (χ1) is 15.7. The number of pyridine rings is 1. The van der Waals surface area contributed by atoms with Crippen molar-refractivity contribution in [1.29, 1.82) is 0 Å². The van der Waals surface area contributed by atoms with Crippen LogP contribution in [0, 0.1) is 0 Å². The molecule has 0 saturated carbocycles. The van der Waals surface area contributed by atoms with E-state index in [0.717, 1.165) is 37.0 Å². The second kappa shape index (κ2) is 12.8. The average molecular weight is 430 g/mol. The zero-order valence-electron chi connectivity index (χ0n) is 19.3. The van der Waals surface area contributed by atoms with E-state index in [-0.39, 0.29) is 5.88 Å². The molecule has 0 saturated heterocycles. The number of rotatable bonds is 12. The molecule has 0 bridgehead atoms. The quantitative estimate of drug-likeness (QED) is 0.298. The monoisotopic (exact) mass is 429 g/mol. The molecule has 0 radical (unpaired) electrons. The van der Waals surface area contributed by atoms with Gasteiger partial charge in [0.05, 0.1) is 6.10 Å². The maximum atomic E-state index is 9.34. The van der Waals surface area contributed by atoms with Gasteiger partial charge < -0.3 is 9.84 Å². The molecule has 1 atom stereocenters. The van der Waals surface area contributed by atoms with Crippen molar-refractivity contribution >= 4 is 6.08 Å². The van der Waals surface area contributed by atoms with Crippen LogP contribution in [0.4, 0.5) is 0 Å². The van der Waals surface area contributed by atoms with E-state index < -0.39 is 0 Å². The van der Waals surface area contributed by atoms with Crippen LogP contribution in [-0.4, -0.2) is 22.8 Å². The Morgan fingerprint density at radius 2 is 1.47 bits per heavy atom. The molecule has 0 aliphatic carbocycles. The smallest absolute Gasteiger partial charge is 0.210 e. The minimum Gasteiger partial charge on any atom is -0.493 e. The molecular formula is C29H35NO2. The van der Waals surface area contributed by atoms with Crippen molar-refractivity contribution in [3.63, 3.8) is 0 Å². The highest BCUT2D eigenvalue weighted by Crippen LogP contribution is 2.25. The van der Waals surface area contributed by atoms with Crippen LogP contribution in [0.3, 0.4) is 0 Å². The maximum absolute atomic E-state index is 9.34. The molecule has 1 aromatic heterocycles. The Morgan fingerprint density at radius 1 is 0.844 bits per heavy atom. The number of hydrogen-bond acceptors (Lipinski definition) is 3. The second-order valence-electron chi connectivity index (χ2n) is 8.33. The molecular weight excluding hydrogens is 394 g/mol. The minimum absolute atomic E-state index is 0.0425. The van der Waals surface area contributed by atoms with Gasteiger partial charge in [0.1, 0.15) is 0 Å². The number of aromatic hydroxyl groups is 1. The predicted molar refractivity (Wildman–Crippen MR) is 135 cm³/mol. The van der Waals surface area contributed by atoms with Gasteiger partial charge in [0.2, 0.25) is 5.88 Å². The van der Waals surface area contributed by atoms with Crippen molar-refractivity contribution < 1.29 is 9.84 Å². The van der Waals surface area contributed by atoms with Crippen LogP contribution in [0.25, 0.3) is 28.3 Å². The van der Waals surface area contributed by atoms with Gasteiger partial charge in [0, 0.05) is 24.4 Å². The summed E-state index contributed by atoms with van der Waals surface area (Å²) in [6.07, 6.45) is 13.6. The second-order valence-corrected chi connectivity index (χ2v) is 8.33. The SMILES string of the molecule is CCCCCOC(C)CCCC=Cc1ccc(-c2ccc(-c3ccc(O)nc3)cc2)cc1. The largest absolute Gasteiger partial charge is 0.493 e. The summed E-state index contributed by atoms with van der Waals surface area (Å²) in [5.74, 6) is 0.0425. The Balaban J connectivity index is 1.45. The van der Waals surface area contributed by atoms with Gasteiger partial charge in [-0.15, -0.1) is 0 Å². The third-order valence-corrected chi connectivity index (χ3v) is 5.65. The molecule has 3 aromatic rings. The number of aromatic nitrogens is 1. The van der Waals surface area contributed by atoms with E-state index in [4.69, 9.17) is 4.74 Å². The molecule has 0 aliphatic rings. The molecule has 0 aliphatic heterocycles. The third-order valence-electron chi connectivity index (χ3n) is 5.65. The van der Waals surface area contributed by atoms with Crippen LogP contribution in [0.5, 0.6) is 5.88 Å². The van der Waals surface area contributed by atoms with Gasteiger partial charge in [-0.25, -0.2) is 4.98 Å². The van der Waals surface area contributed by atoms with Gasteiger partial charge in [-0.2, -0.15) is 0 Å². The summed E-state index contributed by atoms with van der Waals surface area (Å²) in [5, 5.41) is 9.34. The topological polar surface area (TPSA) is 42.4 Å². The van der Waals surface area contributed by atoms with Gasteiger partial charge in [-0.05, 0) is 60.9 Å². The van der Waals surface area contributed by atoms with E-state index in [1.807, 2.05) is 6.07 Å². The zero-order chi connectivity index (χ0) is 22.6. The van der Waals surface area contributed by atoms with E-state index in [9.17, 15) is 5.11 Å². The lowest BCUT2D eigenvalue weighted by Gasteiger charge is -2.12. The number of ether oxygens (including phenoxy) is 1. The fourth-order valence-corrected chi connectivity index (χ4v) is 3.66. The van der Waals surface area contributed by atoms with Crippen molar-refractivity contribution in [3.8, 4) is 28.1 Å². The van der Waals surface area contributed by atoms with Crippen molar-refractivity contribution in [2.75, 3.05) is 6.61 Å². The summed E-state index contributed by atoms with van der Waals surface area (Å²) < 4.78 is 5.86. The van der Waals surface area contributed by atoms with E-state index >= 15 is 0 Å². The first-order valence-corrected chi connectivity index (χ1v) is 11.8. The number of hydrogen-bond donors (Lipinski definition) is 1. The highest BCUT2D eigenvalue weighted by molar-refractivity contribution is 5.71. The number of unbranched alkanes of at least 4 members (excludes halogenated alkanes) is 3. The molecule has 0 amide bonds. The van der Waals surface area contributed by atoms with Gasteiger partial charge >= 0.3 is 0 Å². The lowest BCUT2D eigenvalue weighted by molar-refractivity contribution is 0.0566. The van der Waals surface area contributed by atoms with Crippen molar-refractivity contribution in [1.82, 2.24) is 4.98 Å². The van der Waals surface area contributed by atoms with Crippen molar-refractivity contribution in [2.45, 2.75) is 58.5 Å². The summed E-state index contributed by atoms with van der Waals surface area (Å²) in [7, 11) is 0. The summed E-state index contributed by atoms with van der Waals surface area (Å²) >= 11 is 0. The van der Waals surface area contributed by atoms with Gasteiger partial charge in [-0.1, -0.05) is 80.4 Å². The minimum atomic E-state index is 0.0425. The summed E-state index contributed by atoms with van der Waals surface area (Å²) in [6.45, 7) is 5.30. The van der Waals surface area contributed by atoms with E-state index in [2.05, 4.69) is 79.5 Å². The lowest BCUT2D eigenvalue weighted by atomic mass is 10.00. The number of benzene rings is 2. The molecule has 0 fully saturated rings. The van der Waals surface area contributed by atoms with Crippen molar-refractivity contribution in [2.24, 2.45) is 0 Å². The maximum Gasteiger partial charge on any atom is 0.210 e. The molecule has 32 heavy (non-hydrogen) atoms. The zero-order valence-corrected chi connectivity index (χ0v) is 19.3. The van der Waals surface area contributed by atoms with Crippen LogP contribution in [0.15, 0.2) is 72.9 Å². The Bertz CT molecular complexity index is 944. The van der Waals surface area contributed by atoms with Gasteiger partial charge in [0.15, 0.2) is 0 Å². The fourth-order valence-electron chi connectivity index (χ4n) is 3.66. The highest BCUT2D eigenvalue weighted by atomic mass is 16.5. The van der Waals surface area contributed by atoms with Gasteiger partial charge in [0.25, 0.3) is 0 Å². The van der Waals surface area contributed by atoms with Crippen molar-refractivity contribution in [3.05, 3.63) is 78.5 Å². The van der Waals surface area contributed by atoms with Crippen LogP contribution < -0.4 is 0 Å². The Kier molecular flexibility index (Phi) is 9.52. The molecule has 1 heterocycles. The average Bonchev–Trinajstić information content (AvgIpc) is 2.83. The fraction of sp³-hybridized carbons (Fsp3) is 0.345. The molecule has 168 valence electrons. The molecule has 3 rings (SSSR count). The molecule has 0 spiro atoms. The molecule has 1 unspecified atom stereocenters.